The van der Waals surface area contributed by atoms with Gasteiger partial charge in [0.05, 0.1) is 18.6 Å². The standard InChI is InChI=1S/C13H15ClO/c14-13(5-9-1-2-9)10-3-4-11-7-15-8-12(11)6-10/h3-4,6,9,13H,1-2,5,7-8H2. The molecule has 1 fully saturated rings. The second-order valence-electron chi connectivity index (χ2n) is 4.67. The summed E-state index contributed by atoms with van der Waals surface area (Å²) in [5.74, 6) is 0.886. The van der Waals surface area contributed by atoms with Crippen LogP contribution in [0.15, 0.2) is 18.2 Å². The Labute approximate surface area is 95.4 Å². The molecular formula is C13H15ClO. The van der Waals surface area contributed by atoms with Gasteiger partial charge in [-0.15, -0.1) is 11.6 Å². The van der Waals surface area contributed by atoms with Crippen LogP contribution in [0, 0.1) is 5.92 Å². The second-order valence-corrected chi connectivity index (χ2v) is 5.19. The fourth-order valence-corrected chi connectivity index (χ4v) is 2.56. The van der Waals surface area contributed by atoms with Crippen molar-refractivity contribution in [3.05, 3.63) is 34.9 Å². The first kappa shape index (κ1) is 9.68. The first-order valence-corrected chi connectivity index (χ1v) is 6.10. The number of halogens is 1. The van der Waals surface area contributed by atoms with Gasteiger partial charge in [-0.05, 0) is 29.0 Å². The highest BCUT2D eigenvalue weighted by Crippen LogP contribution is 2.40. The van der Waals surface area contributed by atoms with Crippen LogP contribution in [0.25, 0.3) is 0 Å². The Kier molecular flexibility index (Phi) is 2.45. The average Bonchev–Trinajstić information content (AvgIpc) is 2.94. The number of hydrogen-bond acceptors (Lipinski definition) is 1. The molecule has 0 radical (unpaired) electrons. The summed E-state index contributed by atoms with van der Waals surface area (Å²) in [5, 5.41) is 0.198. The Morgan fingerprint density at radius 2 is 2.07 bits per heavy atom. The Balaban J connectivity index is 1.78. The molecular weight excluding hydrogens is 208 g/mol. The van der Waals surface area contributed by atoms with Crippen molar-refractivity contribution in [3.8, 4) is 0 Å². The van der Waals surface area contributed by atoms with Crippen LogP contribution >= 0.6 is 11.6 Å². The molecule has 1 aliphatic carbocycles. The van der Waals surface area contributed by atoms with Crippen molar-refractivity contribution in [2.75, 3.05) is 0 Å². The van der Waals surface area contributed by atoms with E-state index in [9.17, 15) is 0 Å². The van der Waals surface area contributed by atoms with Crippen molar-refractivity contribution in [2.24, 2.45) is 5.92 Å². The lowest BCUT2D eigenvalue weighted by molar-refractivity contribution is 0.134. The molecule has 0 aromatic heterocycles. The van der Waals surface area contributed by atoms with E-state index >= 15 is 0 Å². The molecule has 1 heterocycles. The van der Waals surface area contributed by atoms with Crippen LogP contribution in [0.2, 0.25) is 0 Å². The number of ether oxygens (including phenoxy) is 1. The second kappa shape index (κ2) is 3.80. The van der Waals surface area contributed by atoms with E-state index in [4.69, 9.17) is 16.3 Å². The molecule has 0 saturated heterocycles. The van der Waals surface area contributed by atoms with Gasteiger partial charge in [-0.25, -0.2) is 0 Å². The largest absolute Gasteiger partial charge is 0.372 e. The first-order chi connectivity index (χ1) is 7.33. The van der Waals surface area contributed by atoms with E-state index < -0.39 is 0 Å². The fourth-order valence-electron chi connectivity index (χ4n) is 2.17. The van der Waals surface area contributed by atoms with E-state index in [0.29, 0.717) is 0 Å². The van der Waals surface area contributed by atoms with Crippen LogP contribution in [-0.2, 0) is 18.0 Å². The Morgan fingerprint density at radius 1 is 1.27 bits per heavy atom. The highest BCUT2D eigenvalue weighted by molar-refractivity contribution is 6.20. The van der Waals surface area contributed by atoms with E-state index in [2.05, 4.69) is 18.2 Å². The zero-order chi connectivity index (χ0) is 10.3. The maximum Gasteiger partial charge on any atom is 0.0725 e. The molecule has 2 aliphatic rings. The van der Waals surface area contributed by atoms with Gasteiger partial charge in [-0.2, -0.15) is 0 Å². The van der Waals surface area contributed by atoms with Crippen molar-refractivity contribution >= 4 is 11.6 Å². The van der Waals surface area contributed by atoms with E-state index in [1.165, 1.54) is 29.5 Å². The van der Waals surface area contributed by atoms with Crippen LogP contribution in [0.1, 0.15) is 41.3 Å². The van der Waals surface area contributed by atoms with Crippen LogP contribution in [-0.4, -0.2) is 0 Å². The highest BCUT2D eigenvalue weighted by atomic mass is 35.5. The molecule has 0 amide bonds. The molecule has 1 aromatic rings. The lowest BCUT2D eigenvalue weighted by atomic mass is 10.0. The SMILES string of the molecule is ClC(CC1CC1)c1ccc2c(c1)COC2. The van der Waals surface area contributed by atoms with Gasteiger partial charge >= 0.3 is 0 Å². The average molecular weight is 223 g/mol. The van der Waals surface area contributed by atoms with Gasteiger partial charge in [0.1, 0.15) is 0 Å². The summed E-state index contributed by atoms with van der Waals surface area (Å²) in [6.07, 6.45) is 3.88. The van der Waals surface area contributed by atoms with Gasteiger partial charge in [0.25, 0.3) is 0 Å². The maximum absolute atomic E-state index is 6.40. The minimum Gasteiger partial charge on any atom is -0.372 e. The molecule has 3 rings (SSSR count). The summed E-state index contributed by atoms with van der Waals surface area (Å²) in [4.78, 5) is 0. The van der Waals surface area contributed by atoms with Crippen molar-refractivity contribution in [1.82, 2.24) is 0 Å². The molecule has 15 heavy (non-hydrogen) atoms. The number of benzene rings is 1. The smallest absolute Gasteiger partial charge is 0.0725 e. The van der Waals surface area contributed by atoms with Gasteiger partial charge in [-0.3, -0.25) is 0 Å². The van der Waals surface area contributed by atoms with E-state index in [1.807, 2.05) is 0 Å². The summed E-state index contributed by atoms with van der Waals surface area (Å²) in [6.45, 7) is 1.53. The fraction of sp³-hybridized carbons (Fsp3) is 0.538. The van der Waals surface area contributed by atoms with Crippen molar-refractivity contribution < 1.29 is 4.74 Å². The zero-order valence-corrected chi connectivity index (χ0v) is 9.46. The quantitative estimate of drug-likeness (QED) is 0.707. The normalized spacial score (nSPS) is 21.4. The lowest BCUT2D eigenvalue weighted by Gasteiger charge is -2.10. The highest BCUT2D eigenvalue weighted by Gasteiger charge is 2.25. The van der Waals surface area contributed by atoms with Gasteiger partial charge in [0.15, 0.2) is 0 Å². The number of alkyl halides is 1. The van der Waals surface area contributed by atoms with Gasteiger partial charge in [-0.1, -0.05) is 31.0 Å². The Hall–Kier alpha value is -0.530. The van der Waals surface area contributed by atoms with Crippen LogP contribution in [0.5, 0.6) is 0 Å². The Morgan fingerprint density at radius 3 is 2.87 bits per heavy atom. The lowest BCUT2D eigenvalue weighted by Crippen LogP contribution is -1.94. The molecule has 0 N–H and O–H groups in total. The third-order valence-electron chi connectivity index (χ3n) is 3.34. The van der Waals surface area contributed by atoms with Crippen molar-refractivity contribution in [1.29, 1.82) is 0 Å². The first-order valence-electron chi connectivity index (χ1n) is 5.66. The maximum atomic E-state index is 6.40. The van der Waals surface area contributed by atoms with E-state index in [1.54, 1.807) is 0 Å². The van der Waals surface area contributed by atoms with Crippen LogP contribution in [0.3, 0.4) is 0 Å². The summed E-state index contributed by atoms with van der Waals surface area (Å²) in [6, 6.07) is 6.55. The molecule has 1 atom stereocenters. The van der Waals surface area contributed by atoms with Crippen molar-refractivity contribution in [3.63, 3.8) is 0 Å². The summed E-state index contributed by atoms with van der Waals surface area (Å²) < 4.78 is 5.40. The molecule has 1 saturated carbocycles. The number of hydrogen-bond donors (Lipinski definition) is 0. The van der Waals surface area contributed by atoms with Crippen LogP contribution < -0.4 is 0 Å². The van der Waals surface area contributed by atoms with E-state index in [0.717, 1.165) is 25.6 Å². The Bertz CT molecular complexity index is 371. The molecule has 1 unspecified atom stereocenters. The monoisotopic (exact) mass is 222 g/mol. The predicted octanol–water partition coefficient (Wildman–Crippen LogP) is 3.80. The molecule has 1 aliphatic heterocycles. The summed E-state index contributed by atoms with van der Waals surface area (Å²) >= 11 is 6.40. The zero-order valence-electron chi connectivity index (χ0n) is 8.71. The summed E-state index contributed by atoms with van der Waals surface area (Å²) in [5.41, 5.74) is 3.93. The molecule has 1 aromatic carbocycles. The third kappa shape index (κ3) is 2.04. The minimum absolute atomic E-state index is 0.198. The van der Waals surface area contributed by atoms with Gasteiger partial charge in [0, 0.05) is 0 Å². The van der Waals surface area contributed by atoms with Gasteiger partial charge in [0.2, 0.25) is 0 Å². The number of fused-ring (bicyclic) bond motifs is 1. The van der Waals surface area contributed by atoms with Gasteiger partial charge < -0.3 is 4.74 Å². The minimum atomic E-state index is 0.198. The number of rotatable bonds is 3. The molecule has 0 spiro atoms. The predicted molar refractivity (Wildman–Crippen MR) is 60.9 cm³/mol. The van der Waals surface area contributed by atoms with E-state index in [-0.39, 0.29) is 5.38 Å². The van der Waals surface area contributed by atoms with Crippen LogP contribution in [0.4, 0.5) is 0 Å². The third-order valence-corrected chi connectivity index (χ3v) is 3.77. The molecule has 2 heteroatoms. The molecule has 80 valence electrons. The topological polar surface area (TPSA) is 9.23 Å². The van der Waals surface area contributed by atoms with Crippen molar-refractivity contribution in [2.45, 2.75) is 37.9 Å². The molecule has 0 bridgehead atoms. The molecule has 1 nitrogen and oxygen atoms in total. The summed E-state index contributed by atoms with van der Waals surface area (Å²) in [7, 11) is 0.